The molecule has 1 N–H and O–H groups in total. The third-order valence-electron chi connectivity index (χ3n) is 3.92. The molecule has 0 aliphatic rings. The van der Waals surface area contributed by atoms with Gasteiger partial charge in [-0.1, -0.05) is 48.5 Å². The van der Waals surface area contributed by atoms with Gasteiger partial charge in [-0.2, -0.15) is 5.21 Å². The molecule has 25 heavy (non-hydrogen) atoms. The molecule has 0 atom stereocenters. The Labute approximate surface area is 143 Å². The summed E-state index contributed by atoms with van der Waals surface area (Å²) < 4.78 is 1.57. The number of benzene rings is 2. The summed E-state index contributed by atoms with van der Waals surface area (Å²) in [4.78, 5) is 15.8. The fraction of sp³-hybridized carbons (Fsp3) is 0.0556. The highest BCUT2D eigenvalue weighted by atomic mass is 16.1. The number of H-pyrrole nitrogens is 1. The molecule has 7 heteroatoms. The zero-order valence-corrected chi connectivity index (χ0v) is 13.2. The summed E-state index contributed by atoms with van der Waals surface area (Å²) in [6.45, 7) is 0.486. The summed E-state index contributed by atoms with van der Waals surface area (Å²) in [5.74, 6) is 0.557. The summed E-state index contributed by atoms with van der Waals surface area (Å²) in [6.07, 6.45) is 3.04. The van der Waals surface area contributed by atoms with Crippen molar-refractivity contribution < 1.29 is 0 Å². The average Bonchev–Trinajstić information content (AvgIpc) is 3.19. The van der Waals surface area contributed by atoms with Crippen molar-refractivity contribution in [3.05, 3.63) is 83.0 Å². The SMILES string of the molecule is O=c1ccncn1Cc1ccc(-c2ccccc2-c2nn[nH]n2)cc1. The normalized spacial score (nSPS) is 10.7. The minimum Gasteiger partial charge on any atom is -0.295 e. The van der Waals surface area contributed by atoms with E-state index in [2.05, 4.69) is 25.6 Å². The molecule has 0 unspecified atom stereocenters. The van der Waals surface area contributed by atoms with Gasteiger partial charge in [0.15, 0.2) is 0 Å². The average molecular weight is 330 g/mol. The fourth-order valence-corrected chi connectivity index (χ4v) is 2.69. The largest absolute Gasteiger partial charge is 0.295 e. The maximum absolute atomic E-state index is 11.8. The Kier molecular flexibility index (Phi) is 3.88. The zero-order valence-electron chi connectivity index (χ0n) is 13.2. The van der Waals surface area contributed by atoms with Gasteiger partial charge >= 0.3 is 0 Å². The van der Waals surface area contributed by atoms with E-state index in [1.165, 1.54) is 12.3 Å². The van der Waals surface area contributed by atoms with E-state index in [0.717, 1.165) is 22.3 Å². The highest BCUT2D eigenvalue weighted by Crippen LogP contribution is 2.29. The fourth-order valence-electron chi connectivity index (χ4n) is 2.69. The molecule has 0 radical (unpaired) electrons. The monoisotopic (exact) mass is 330 g/mol. The molecule has 0 spiro atoms. The van der Waals surface area contributed by atoms with Gasteiger partial charge in [0, 0.05) is 17.8 Å². The number of hydrogen-bond acceptors (Lipinski definition) is 5. The van der Waals surface area contributed by atoms with Gasteiger partial charge in [-0.3, -0.25) is 9.36 Å². The second kappa shape index (κ2) is 6.48. The van der Waals surface area contributed by atoms with Gasteiger partial charge in [-0.25, -0.2) is 4.98 Å². The van der Waals surface area contributed by atoms with Crippen LogP contribution in [0.15, 0.2) is 71.9 Å². The predicted octanol–water partition coefficient (Wildman–Crippen LogP) is 2.14. The van der Waals surface area contributed by atoms with E-state index in [9.17, 15) is 4.79 Å². The number of aromatic nitrogens is 6. The van der Waals surface area contributed by atoms with E-state index >= 15 is 0 Å². The number of nitrogens with one attached hydrogen (secondary N) is 1. The Morgan fingerprint density at radius 1 is 0.960 bits per heavy atom. The Morgan fingerprint density at radius 3 is 2.48 bits per heavy atom. The van der Waals surface area contributed by atoms with Gasteiger partial charge in [0.2, 0.25) is 5.82 Å². The van der Waals surface area contributed by atoms with Crippen molar-refractivity contribution in [3.8, 4) is 22.5 Å². The number of hydrogen-bond donors (Lipinski definition) is 1. The Hall–Kier alpha value is -3.61. The van der Waals surface area contributed by atoms with Crippen LogP contribution in [0.25, 0.3) is 22.5 Å². The maximum Gasteiger partial charge on any atom is 0.253 e. The molecule has 2 aromatic heterocycles. The number of nitrogens with zero attached hydrogens (tertiary/aromatic N) is 5. The first-order valence-corrected chi connectivity index (χ1v) is 7.74. The molecule has 2 heterocycles. The molecule has 0 aliphatic heterocycles. The lowest BCUT2D eigenvalue weighted by atomic mass is 9.98. The van der Waals surface area contributed by atoms with E-state index in [0.29, 0.717) is 12.4 Å². The van der Waals surface area contributed by atoms with Gasteiger partial charge < -0.3 is 0 Å². The summed E-state index contributed by atoms with van der Waals surface area (Å²) in [7, 11) is 0. The van der Waals surface area contributed by atoms with E-state index in [1.54, 1.807) is 10.9 Å². The van der Waals surface area contributed by atoms with E-state index in [4.69, 9.17) is 0 Å². The van der Waals surface area contributed by atoms with Crippen molar-refractivity contribution in [1.82, 2.24) is 30.2 Å². The Morgan fingerprint density at radius 2 is 1.76 bits per heavy atom. The van der Waals surface area contributed by atoms with Crippen molar-refractivity contribution in [1.29, 1.82) is 0 Å². The van der Waals surface area contributed by atoms with Crippen molar-refractivity contribution in [2.45, 2.75) is 6.54 Å². The molecule has 122 valence electrons. The smallest absolute Gasteiger partial charge is 0.253 e. The number of rotatable bonds is 4. The zero-order chi connectivity index (χ0) is 17.1. The Balaban J connectivity index is 1.66. The lowest BCUT2D eigenvalue weighted by molar-refractivity contribution is 0.736. The molecule has 2 aromatic carbocycles. The topological polar surface area (TPSA) is 89.4 Å². The van der Waals surface area contributed by atoms with Crippen molar-refractivity contribution in [2.75, 3.05) is 0 Å². The van der Waals surface area contributed by atoms with Crippen LogP contribution in [0.1, 0.15) is 5.56 Å². The first-order valence-electron chi connectivity index (χ1n) is 7.74. The number of tetrazole rings is 1. The van der Waals surface area contributed by atoms with Gasteiger partial charge in [0.05, 0.1) is 12.9 Å². The van der Waals surface area contributed by atoms with Crippen LogP contribution in [0.4, 0.5) is 0 Å². The molecule has 0 fully saturated rings. The summed E-state index contributed by atoms with van der Waals surface area (Å²) in [5, 5.41) is 14.2. The molecule has 0 saturated heterocycles. The van der Waals surface area contributed by atoms with Crippen LogP contribution < -0.4 is 5.56 Å². The van der Waals surface area contributed by atoms with E-state index in [-0.39, 0.29) is 5.56 Å². The number of aromatic amines is 1. The predicted molar refractivity (Wildman–Crippen MR) is 92.6 cm³/mol. The molecule has 7 nitrogen and oxygen atoms in total. The van der Waals surface area contributed by atoms with Crippen LogP contribution in [0.3, 0.4) is 0 Å². The summed E-state index contributed by atoms with van der Waals surface area (Å²) >= 11 is 0. The van der Waals surface area contributed by atoms with Gasteiger partial charge in [-0.15, -0.1) is 10.2 Å². The first-order chi connectivity index (χ1) is 12.3. The van der Waals surface area contributed by atoms with Crippen molar-refractivity contribution >= 4 is 0 Å². The van der Waals surface area contributed by atoms with Crippen LogP contribution in [0.5, 0.6) is 0 Å². The van der Waals surface area contributed by atoms with E-state index in [1.807, 2.05) is 48.5 Å². The first kappa shape index (κ1) is 14.9. The molecule has 0 amide bonds. The van der Waals surface area contributed by atoms with Crippen LogP contribution in [-0.4, -0.2) is 30.2 Å². The highest BCUT2D eigenvalue weighted by Gasteiger charge is 2.10. The molecular weight excluding hydrogens is 316 g/mol. The maximum atomic E-state index is 11.8. The highest BCUT2D eigenvalue weighted by molar-refractivity contribution is 5.80. The summed E-state index contributed by atoms with van der Waals surface area (Å²) in [5.41, 5.74) is 3.93. The van der Waals surface area contributed by atoms with Crippen LogP contribution in [0, 0.1) is 0 Å². The minimum atomic E-state index is -0.0680. The molecular formula is C18H14N6O. The van der Waals surface area contributed by atoms with Crippen molar-refractivity contribution in [2.24, 2.45) is 0 Å². The lowest BCUT2D eigenvalue weighted by Gasteiger charge is -2.09. The minimum absolute atomic E-state index is 0.0680. The molecule has 0 saturated carbocycles. The Bertz CT molecular complexity index is 1040. The van der Waals surface area contributed by atoms with Gasteiger partial charge in [0.25, 0.3) is 5.56 Å². The molecule has 4 aromatic rings. The standard InChI is InChI=1S/C18H14N6O/c25-17-9-10-19-12-24(17)11-13-5-7-14(8-6-13)15-3-1-2-4-16(15)18-20-22-23-21-18/h1-10,12H,11H2,(H,20,21,22,23). The third-order valence-corrected chi connectivity index (χ3v) is 3.92. The van der Waals surface area contributed by atoms with E-state index < -0.39 is 0 Å². The molecule has 4 rings (SSSR count). The van der Waals surface area contributed by atoms with Crippen LogP contribution in [-0.2, 0) is 6.54 Å². The van der Waals surface area contributed by atoms with Gasteiger partial charge in [0.1, 0.15) is 0 Å². The quantitative estimate of drug-likeness (QED) is 0.619. The van der Waals surface area contributed by atoms with Crippen molar-refractivity contribution in [3.63, 3.8) is 0 Å². The third kappa shape index (κ3) is 3.07. The van der Waals surface area contributed by atoms with Gasteiger partial charge in [-0.05, 0) is 21.9 Å². The van der Waals surface area contributed by atoms with Crippen LogP contribution in [0.2, 0.25) is 0 Å². The molecule has 0 bridgehead atoms. The summed E-state index contributed by atoms with van der Waals surface area (Å²) in [6, 6.07) is 17.4. The molecule has 0 aliphatic carbocycles. The van der Waals surface area contributed by atoms with Crippen LogP contribution >= 0.6 is 0 Å². The lowest BCUT2D eigenvalue weighted by Crippen LogP contribution is -2.19. The second-order valence-electron chi connectivity index (χ2n) is 5.52. The second-order valence-corrected chi connectivity index (χ2v) is 5.52.